The standard InChI is InChI=1S/C8H7N3.C6H3N3O2/c1-5-7-8(6(2)11-5)10-4-3-9-7;10-5-3-4(6(11)9-5)8-2-1-7-3/h3-4,11H,1-2H2;1-2H,(H,9,10,11). The summed E-state index contributed by atoms with van der Waals surface area (Å²) in [6.45, 7) is 7.54. The van der Waals surface area contributed by atoms with E-state index in [1.54, 1.807) is 12.4 Å². The fourth-order valence-corrected chi connectivity index (χ4v) is 1.97. The van der Waals surface area contributed by atoms with E-state index in [-0.39, 0.29) is 11.4 Å². The van der Waals surface area contributed by atoms with Crippen LogP contribution in [0.1, 0.15) is 21.0 Å². The molecule has 4 rings (SSSR count). The third-order valence-corrected chi connectivity index (χ3v) is 2.93. The lowest BCUT2D eigenvalue weighted by atomic mass is 10.3. The van der Waals surface area contributed by atoms with Crippen LogP contribution in [0.15, 0.2) is 24.8 Å². The monoisotopic (exact) mass is 294 g/mol. The zero-order chi connectivity index (χ0) is 15.7. The van der Waals surface area contributed by atoms with Crippen molar-refractivity contribution in [2.75, 3.05) is 0 Å². The first kappa shape index (κ1) is 13.6. The maximum absolute atomic E-state index is 10.8. The van der Waals surface area contributed by atoms with Gasteiger partial charge in [-0.25, -0.2) is 9.97 Å². The fourth-order valence-electron chi connectivity index (χ4n) is 1.97. The van der Waals surface area contributed by atoms with Crippen molar-refractivity contribution in [2.45, 2.75) is 0 Å². The van der Waals surface area contributed by atoms with Crippen molar-refractivity contribution in [3.05, 3.63) is 46.9 Å². The number of imide groups is 1. The molecule has 2 N–H and O–H groups in total. The van der Waals surface area contributed by atoms with Gasteiger partial charge < -0.3 is 4.98 Å². The van der Waals surface area contributed by atoms with Crippen LogP contribution in [0.5, 0.6) is 0 Å². The van der Waals surface area contributed by atoms with Crippen LogP contribution in [0.3, 0.4) is 0 Å². The Kier molecular flexibility index (Phi) is 3.18. The molecule has 8 nitrogen and oxygen atoms in total. The van der Waals surface area contributed by atoms with Gasteiger partial charge in [0.25, 0.3) is 11.8 Å². The summed E-state index contributed by atoms with van der Waals surface area (Å²) in [5.41, 5.74) is 1.82. The maximum Gasteiger partial charge on any atom is 0.279 e. The average molecular weight is 294 g/mol. The van der Waals surface area contributed by atoms with Crippen LogP contribution in [-0.2, 0) is 0 Å². The minimum Gasteiger partial charge on any atom is -0.353 e. The molecule has 0 fully saturated rings. The molecule has 1 aliphatic heterocycles. The smallest absolute Gasteiger partial charge is 0.279 e. The number of nitrogens with one attached hydrogen (secondary N) is 2. The van der Waals surface area contributed by atoms with Gasteiger partial charge in [-0.15, -0.1) is 0 Å². The summed E-state index contributed by atoms with van der Waals surface area (Å²) in [5.74, 6) is -0.948. The largest absolute Gasteiger partial charge is 0.353 e. The number of carbonyl (C=O) groups is 2. The predicted molar refractivity (Wildman–Crippen MR) is 78.0 cm³/mol. The van der Waals surface area contributed by atoms with Gasteiger partial charge in [0.2, 0.25) is 0 Å². The molecule has 3 aromatic heterocycles. The number of H-pyrrole nitrogens is 1. The summed E-state index contributed by atoms with van der Waals surface area (Å²) in [5, 5.41) is 3.63. The number of hydrogen-bond donors (Lipinski definition) is 2. The number of aromatic amines is 1. The van der Waals surface area contributed by atoms with Gasteiger partial charge in [-0.05, 0) is 0 Å². The molecule has 3 aromatic rings. The van der Waals surface area contributed by atoms with Crippen molar-refractivity contribution in [1.29, 1.82) is 0 Å². The Morgan fingerprint density at radius 3 is 1.59 bits per heavy atom. The highest BCUT2D eigenvalue weighted by Gasteiger charge is 2.28. The molecule has 0 spiro atoms. The minimum absolute atomic E-state index is 0.109. The lowest BCUT2D eigenvalue weighted by Crippen LogP contribution is -2.20. The number of amides is 2. The molecule has 0 bridgehead atoms. The second-order valence-electron chi connectivity index (χ2n) is 4.37. The SMILES string of the molecule is C=c1[nH]c(=C)c2nccnc12.O=C1NC(=O)c2nccnc21. The van der Waals surface area contributed by atoms with E-state index in [1.807, 2.05) is 0 Å². The quantitative estimate of drug-likeness (QED) is 0.521. The first-order valence-corrected chi connectivity index (χ1v) is 6.21. The first-order chi connectivity index (χ1) is 10.6. The Morgan fingerprint density at radius 1 is 0.727 bits per heavy atom. The molecule has 0 aromatic carbocycles. The second kappa shape index (κ2) is 5.17. The molecule has 1 aliphatic rings. The molecular formula is C14H10N6O2. The summed E-state index contributed by atoms with van der Waals surface area (Å²) in [4.78, 5) is 40.3. The van der Waals surface area contributed by atoms with Crippen LogP contribution in [0.25, 0.3) is 24.2 Å². The van der Waals surface area contributed by atoms with Crippen molar-refractivity contribution in [1.82, 2.24) is 30.2 Å². The highest BCUT2D eigenvalue weighted by Crippen LogP contribution is 2.07. The highest BCUT2D eigenvalue weighted by molar-refractivity contribution is 6.19. The summed E-state index contributed by atoms with van der Waals surface area (Å²) in [6.07, 6.45) is 6.03. The Bertz CT molecular complexity index is 917. The van der Waals surface area contributed by atoms with Gasteiger partial charge in [0, 0.05) is 24.8 Å². The van der Waals surface area contributed by atoms with Gasteiger partial charge in [0.1, 0.15) is 11.0 Å². The van der Waals surface area contributed by atoms with Gasteiger partial charge in [0.05, 0.1) is 10.7 Å². The normalized spacial score (nSPS) is 12.5. The number of fused-ring (bicyclic) bond motifs is 2. The number of hydrogen-bond acceptors (Lipinski definition) is 6. The molecule has 0 radical (unpaired) electrons. The zero-order valence-corrected chi connectivity index (χ0v) is 11.3. The van der Waals surface area contributed by atoms with Crippen molar-refractivity contribution in [2.24, 2.45) is 0 Å². The molecule has 8 heteroatoms. The Hall–Kier alpha value is -3.42. The molecular weight excluding hydrogens is 284 g/mol. The third-order valence-electron chi connectivity index (χ3n) is 2.93. The van der Waals surface area contributed by atoms with Gasteiger partial charge in [-0.2, -0.15) is 0 Å². The number of rotatable bonds is 0. The van der Waals surface area contributed by atoms with E-state index in [4.69, 9.17) is 0 Å². The van der Waals surface area contributed by atoms with Crippen LogP contribution >= 0.6 is 0 Å². The van der Waals surface area contributed by atoms with E-state index in [2.05, 4.69) is 43.4 Å². The molecule has 0 saturated heterocycles. The Balaban J connectivity index is 0.000000131. The van der Waals surface area contributed by atoms with Gasteiger partial charge in [0.15, 0.2) is 11.4 Å². The highest BCUT2D eigenvalue weighted by atomic mass is 16.2. The third kappa shape index (κ3) is 2.22. The van der Waals surface area contributed by atoms with Crippen LogP contribution in [-0.4, -0.2) is 36.7 Å². The van der Waals surface area contributed by atoms with Crippen molar-refractivity contribution in [3.63, 3.8) is 0 Å². The first-order valence-electron chi connectivity index (χ1n) is 6.21. The van der Waals surface area contributed by atoms with E-state index < -0.39 is 11.8 Å². The van der Waals surface area contributed by atoms with Crippen molar-refractivity contribution in [3.8, 4) is 0 Å². The molecule has 2 amide bonds. The van der Waals surface area contributed by atoms with Crippen LogP contribution in [0, 0.1) is 0 Å². The number of aromatic nitrogens is 5. The van der Waals surface area contributed by atoms with E-state index in [9.17, 15) is 9.59 Å². The maximum atomic E-state index is 10.8. The molecule has 0 saturated carbocycles. The zero-order valence-electron chi connectivity index (χ0n) is 11.3. The summed E-state index contributed by atoms with van der Waals surface area (Å²) in [7, 11) is 0. The molecule has 22 heavy (non-hydrogen) atoms. The summed E-state index contributed by atoms with van der Waals surface area (Å²) < 4.78 is 0. The van der Waals surface area contributed by atoms with Crippen LogP contribution in [0.2, 0.25) is 0 Å². The van der Waals surface area contributed by atoms with E-state index in [1.165, 1.54) is 12.4 Å². The van der Waals surface area contributed by atoms with Gasteiger partial charge in [-0.3, -0.25) is 24.9 Å². The second-order valence-corrected chi connectivity index (χ2v) is 4.37. The Labute approximate surface area is 123 Å². The van der Waals surface area contributed by atoms with E-state index >= 15 is 0 Å². The minimum atomic E-state index is -0.474. The van der Waals surface area contributed by atoms with Gasteiger partial charge >= 0.3 is 0 Å². The summed E-state index contributed by atoms with van der Waals surface area (Å²) >= 11 is 0. The number of nitrogens with zero attached hydrogens (tertiary/aromatic N) is 4. The van der Waals surface area contributed by atoms with Crippen molar-refractivity contribution < 1.29 is 9.59 Å². The van der Waals surface area contributed by atoms with Crippen LogP contribution in [0.4, 0.5) is 0 Å². The van der Waals surface area contributed by atoms with Crippen molar-refractivity contribution >= 4 is 36.0 Å². The topological polar surface area (TPSA) is 114 Å². The number of carbonyl (C=O) groups excluding carboxylic acids is 2. The Morgan fingerprint density at radius 2 is 1.14 bits per heavy atom. The fraction of sp³-hybridized carbons (Fsp3) is 0. The summed E-state index contributed by atoms with van der Waals surface area (Å²) in [6, 6.07) is 0. The molecule has 108 valence electrons. The van der Waals surface area contributed by atoms with E-state index in [0.717, 1.165) is 21.7 Å². The molecule has 4 heterocycles. The molecule has 0 atom stereocenters. The average Bonchev–Trinajstić information content (AvgIpc) is 2.99. The lowest BCUT2D eigenvalue weighted by Gasteiger charge is -1.86. The molecule has 0 aliphatic carbocycles. The van der Waals surface area contributed by atoms with E-state index in [0.29, 0.717) is 0 Å². The van der Waals surface area contributed by atoms with Crippen LogP contribution < -0.4 is 16.0 Å². The van der Waals surface area contributed by atoms with Gasteiger partial charge in [-0.1, -0.05) is 13.2 Å². The molecule has 0 unspecified atom stereocenters. The predicted octanol–water partition coefficient (Wildman–Crippen LogP) is -0.861. The lowest BCUT2D eigenvalue weighted by molar-refractivity contribution is 0.0876.